The van der Waals surface area contributed by atoms with Crippen molar-refractivity contribution < 1.29 is 0 Å². The summed E-state index contributed by atoms with van der Waals surface area (Å²) in [6.07, 6.45) is 7.25. The van der Waals surface area contributed by atoms with Gasteiger partial charge in [0.1, 0.15) is 0 Å². The van der Waals surface area contributed by atoms with Crippen molar-refractivity contribution in [1.29, 1.82) is 0 Å². The van der Waals surface area contributed by atoms with E-state index < -0.39 is 0 Å². The number of piperidine rings is 2. The van der Waals surface area contributed by atoms with Crippen LogP contribution in [0.5, 0.6) is 0 Å². The summed E-state index contributed by atoms with van der Waals surface area (Å²) >= 11 is 0. The molecule has 0 radical (unpaired) electrons. The summed E-state index contributed by atoms with van der Waals surface area (Å²) in [5.41, 5.74) is 5.81. The smallest absolute Gasteiger partial charge is 0.0102 e. The molecule has 3 unspecified atom stereocenters. The van der Waals surface area contributed by atoms with E-state index in [-0.39, 0.29) is 0 Å². The van der Waals surface area contributed by atoms with Crippen molar-refractivity contribution in [2.75, 3.05) is 13.1 Å². The molecule has 2 saturated carbocycles. The summed E-state index contributed by atoms with van der Waals surface area (Å²) in [6.45, 7) is 2.30. The summed E-state index contributed by atoms with van der Waals surface area (Å²) in [4.78, 5) is 2.79. The van der Waals surface area contributed by atoms with Gasteiger partial charge in [-0.15, -0.1) is 0 Å². The molecular weight excluding hydrogens is 160 g/mol. The second-order valence-corrected chi connectivity index (χ2v) is 5.15. The van der Waals surface area contributed by atoms with E-state index in [1.54, 1.807) is 0 Å². The minimum Gasteiger partial charge on any atom is -0.330 e. The van der Waals surface area contributed by atoms with Crippen LogP contribution in [0.25, 0.3) is 0 Å². The summed E-state index contributed by atoms with van der Waals surface area (Å²) < 4.78 is 0. The maximum Gasteiger partial charge on any atom is 0.0102 e. The molecule has 3 atom stereocenters. The van der Waals surface area contributed by atoms with Crippen LogP contribution in [0.3, 0.4) is 0 Å². The number of rotatable bonds is 2. The van der Waals surface area contributed by atoms with Crippen LogP contribution in [0.4, 0.5) is 0 Å². The normalized spacial score (nSPS) is 45.5. The Morgan fingerprint density at radius 1 is 1.08 bits per heavy atom. The number of fused-ring (bicyclic) bond motifs is 3. The van der Waals surface area contributed by atoms with Gasteiger partial charge in [0.15, 0.2) is 0 Å². The van der Waals surface area contributed by atoms with Gasteiger partial charge in [-0.2, -0.15) is 0 Å². The molecule has 4 aliphatic rings. The lowest BCUT2D eigenvalue weighted by atomic mass is 9.72. The van der Waals surface area contributed by atoms with Gasteiger partial charge in [-0.25, -0.2) is 0 Å². The van der Waals surface area contributed by atoms with E-state index in [1.807, 2.05) is 0 Å². The molecule has 0 amide bonds. The predicted molar refractivity (Wildman–Crippen MR) is 53.4 cm³/mol. The highest BCUT2D eigenvalue weighted by Crippen LogP contribution is 2.43. The number of hydrogen-bond donors (Lipinski definition) is 1. The molecule has 74 valence electrons. The molecule has 2 nitrogen and oxygen atoms in total. The summed E-state index contributed by atoms with van der Waals surface area (Å²) in [6, 6.07) is 1.89. The second kappa shape index (κ2) is 2.96. The fourth-order valence-corrected chi connectivity index (χ4v) is 3.41. The van der Waals surface area contributed by atoms with Crippen molar-refractivity contribution in [3.8, 4) is 0 Å². The van der Waals surface area contributed by atoms with Gasteiger partial charge in [0.25, 0.3) is 0 Å². The Kier molecular flexibility index (Phi) is 1.88. The first-order chi connectivity index (χ1) is 6.38. The molecule has 0 aromatic rings. The SMILES string of the molecule is NCC1CC2CCC1CN2C1CC1. The third kappa shape index (κ3) is 1.31. The van der Waals surface area contributed by atoms with Crippen LogP contribution < -0.4 is 5.73 Å². The lowest BCUT2D eigenvalue weighted by molar-refractivity contribution is 0.00282. The van der Waals surface area contributed by atoms with Crippen LogP contribution in [-0.4, -0.2) is 30.1 Å². The Morgan fingerprint density at radius 3 is 2.38 bits per heavy atom. The third-order valence-corrected chi connectivity index (χ3v) is 4.35. The van der Waals surface area contributed by atoms with Crippen LogP contribution in [0.15, 0.2) is 0 Å². The second-order valence-electron chi connectivity index (χ2n) is 5.15. The van der Waals surface area contributed by atoms with E-state index in [0.29, 0.717) is 0 Å². The molecule has 2 heteroatoms. The van der Waals surface area contributed by atoms with E-state index in [1.165, 1.54) is 38.6 Å². The van der Waals surface area contributed by atoms with E-state index >= 15 is 0 Å². The van der Waals surface area contributed by atoms with Crippen molar-refractivity contribution in [3.05, 3.63) is 0 Å². The summed E-state index contributed by atoms with van der Waals surface area (Å²) in [7, 11) is 0. The van der Waals surface area contributed by atoms with Gasteiger partial charge in [0.2, 0.25) is 0 Å². The van der Waals surface area contributed by atoms with Gasteiger partial charge in [0.05, 0.1) is 0 Å². The van der Waals surface area contributed by atoms with Gasteiger partial charge in [0, 0.05) is 18.6 Å². The maximum absolute atomic E-state index is 5.81. The molecule has 2 saturated heterocycles. The van der Waals surface area contributed by atoms with E-state index in [4.69, 9.17) is 5.73 Å². The highest BCUT2D eigenvalue weighted by Gasteiger charge is 2.44. The van der Waals surface area contributed by atoms with Gasteiger partial charge in [-0.1, -0.05) is 0 Å². The topological polar surface area (TPSA) is 29.3 Å². The Morgan fingerprint density at radius 2 is 1.85 bits per heavy atom. The largest absolute Gasteiger partial charge is 0.330 e. The average molecular weight is 180 g/mol. The zero-order chi connectivity index (χ0) is 8.84. The van der Waals surface area contributed by atoms with Gasteiger partial charge in [-0.05, 0) is 50.5 Å². The molecule has 4 rings (SSSR count). The van der Waals surface area contributed by atoms with Crippen LogP contribution in [0, 0.1) is 11.8 Å². The fraction of sp³-hybridized carbons (Fsp3) is 1.00. The Hall–Kier alpha value is -0.0800. The molecule has 2 aliphatic carbocycles. The van der Waals surface area contributed by atoms with Crippen LogP contribution >= 0.6 is 0 Å². The van der Waals surface area contributed by atoms with Crippen molar-refractivity contribution in [1.82, 2.24) is 4.90 Å². The quantitative estimate of drug-likeness (QED) is 0.692. The minimum atomic E-state index is 0.855. The zero-order valence-corrected chi connectivity index (χ0v) is 8.28. The zero-order valence-electron chi connectivity index (χ0n) is 8.28. The molecule has 13 heavy (non-hydrogen) atoms. The molecular formula is C11H20N2. The molecule has 2 aliphatic heterocycles. The first-order valence-corrected chi connectivity index (χ1v) is 5.84. The average Bonchev–Trinajstić information content (AvgIpc) is 3.01. The highest BCUT2D eigenvalue weighted by atomic mass is 15.2. The molecule has 4 fully saturated rings. The summed E-state index contributed by atoms with van der Waals surface area (Å²) in [5.74, 6) is 1.80. The Balaban J connectivity index is 1.72. The molecule has 0 aromatic carbocycles. The first kappa shape index (κ1) is 8.25. The maximum atomic E-state index is 5.81. The van der Waals surface area contributed by atoms with Gasteiger partial charge >= 0.3 is 0 Å². The monoisotopic (exact) mass is 180 g/mol. The Bertz CT molecular complexity index is 200. The summed E-state index contributed by atoms with van der Waals surface area (Å²) in [5, 5.41) is 0. The number of hydrogen-bond acceptors (Lipinski definition) is 2. The number of nitrogens with zero attached hydrogens (tertiary/aromatic N) is 1. The van der Waals surface area contributed by atoms with Crippen molar-refractivity contribution in [3.63, 3.8) is 0 Å². The van der Waals surface area contributed by atoms with E-state index in [2.05, 4.69) is 4.90 Å². The third-order valence-electron chi connectivity index (χ3n) is 4.35. The van der Waals surface area contributed by atoms with Gasteiger partial charge in [-0.3, -0.25) is 4.90 Å². The van der Waals surface area contributed by atoms with Crippen LogP contribution in [0.1, 0.15) is 32.1 Å². The molecule has 0 aromatic heterocycles. The lowest BCUT2D eigenvalue weighted by Crippen LogP contribution is -2.54. The first-order valence-electron chi connectivity index (χ1n) is 5.84. The minimum absolute atomic E-state index is 0.855. The van der Waals surface area contributed by atoms with Crippen molar-refractivity contribution in [2.24, 2.45) is 17.6 Å². The molecule has 0 spiro atoms. The Labute approximate surface area is 80.5 Å². The molecule has 2 bridgehead atoms. The number of nitrogens with two attached hydrogens (primary N) is 1. The van der Waals surface area contributed by atoms with E-state index in [9.17, 15) is 0 Å². The fourth-order valence-electron chi connectivity index (χ4n) is 3.41. The lowest BCUT2D eigenvalue weighted by Gasteiger charge is -2.49. The van der Waals surface area contributed by atoms with E-state index in [0.717, 1.165) is 30.5 Å². The molecule has 2 N–H and O–H groups in total. The van der Waals surface area contributed by atoms with Crippen molar-refractivity contribution >= 4 is 0 Å². The standard InChI is InChI=1S/C11H20N2/c12-6-9-5-11-2-1-8(9)7-13(11)10-3-4-10/h8-11H,1-7,12H2. The molecule has 2 heterocycles. The van der Waals surface area contributed by atoms with Crippen LogP contribution in [0.2, 0.25) is 0 Å². The van der Waals surface area contributed by atoms with Crippen LogP contribution in [-0.2, 0) is 0 Å². The van der Waals surface area contributed by atoms with Gasteiger partial charge < -0.3 is 5.73 Å². The van der Waals surface area contributed by atoms with Crippen molar-refractivity contribution in [2.45, 2.75) is 44.2 Å². The predicted octanol–water partition coefficient (Wildman–Crippen LogP) is 1.21. The highest BCUT2D eigenvalue weighted by molar-refractivity contribution is 4.99.